The van der Waals surface area contributed by atoms with E-state index in [-0.39, 0.29) is 24.0 Å². The van der Waals surface area contributed by atoms with E-state index in [1.807, 2.05) is 37.3 Å². The first kappa shape index (κ1) is 22.1. The highest BCUT2D eigenvalue weighted by atomic mass is 79.9. The molecule has 0 spiro atoms. The van der Waals surface area contributed by atoms with Gasteiger partial charge in [-0.25, -0.2) is 0 Å². The summed E-state index contributed by atoms with van der Waals surface area (Å²) < 4.78 is 6.36. The van der Waals surface area contributed by atoms with Gasteiger partial charge in [-0.1, -0.05) is 45.7 Å². The number of aryl methyl sites for hydroxylation is 2. The minimum absolute atomic E-state index is 0.00278. The Morgan fingerprint density at radius 2 is 1.89 bits per heavy atom. The number of hydrazine groups is 1. The van der Waals surface area contributed by atoms with Crippen molar-refractivity contribution < 1.29 is 14.3 Å². The van der Waals surface area contributed by atoms with Crippen LogP contribution in [0.25, 0.3) is 0 Å². The highest BCUT2D eigenvalue weighted by molar-refractivity contribution is 9.10. The Labute approximate surface area is 182 Å². The molecular formula is C19H19BrClN3O3S. The molecule has 0 unspecified atom stereocenters. The first-order valence-corrected chi connectivity index (χ1v) is 9.94. The molecule has 2 aromatic carbocycles. The Kier molecular flexibility index (Phi) is 8.69. The summed E-state index contributed by atoms with van der Waals surface area (Å²) in [5.74, 6) is -0.146. The lowest BCUT2D eigenvalue weighted by Crippen LogP contribution is -2.49. The highest BCUT2D eigenvalue weighted by Gasteiger charge is 2.08. The van der Waals surface area contributed by atoms with Crippen LogP contribution in [-0.4, -0.2) is 23.5 Å². The quantitative estimate of drug-likeness (QED) is 0.432. The number of benzene rings is 2. The summed E-state index contributed by atoms with van der Waals surface area (Å²) in [6.45, 7) is 1.72. The fraction of sp³-hybridized carbons (Fsp3) is 0.211. The Hall–Kier alpha value is -2.16. The van der Waals surface area contributed by atoms with E-state index in [1.54, 1.807) is 12.1 Å². The zero-order valence-corrected chi connectivity index (χ0v) is 18.2. The van der Waals surface area contributed by atoms with Crippen LogP contribution in [0.4, 0.5) is 0 Å². The molecule has 0 aliphatic heterocycles. The number of halogens is 2. The average molecular weight is 485 g/mol. The molecule has 3 N–H and O–H groups in total. The smallest absolute Gasteiger partial charge is 0.276 e. The number of carbonyl (C=O) groups excluding carboxylic acids is 2. The van der Waals surface area contributed by atoms with Crippen LogP contribution in [0.3, 0.4) is 0 Å². The number of carbonyl (C=O) groups is 2. The summed E-state index contributed by atoms with van der Waals surface area (Å²) in [4.78, 5) is 23.7. The summed E-state index contributed by atoms with van der Waals surface area (Å²) >= 11 is 14.4. The van der Waals surface area contributed by atoms with Crippen molar-refractivity contribution in [3.8, 4) is 5.75 Å². The normalized spacial score (nSPS) is 10.1. The molecule has 148 valence electrons. The molecule has 2 rings (SSSR count). The maximum Gasteiger partial charge on any atom is 0.276 e. The van der Waals surface area contributed by atoms with Gasteiger partial charge in [0.2, 0.25) is 5.91 Å². The Bertz CT molecular complexity index is 879. The number of amides is 2. The summed E-state index contributed by atoms with van der Waals surface area (Å²) in [6, 6.07) is 12.7. The van der Waals surface area contributed by atoms with Gasteiger partial charge in [0.05, 0.1) is 0 Å². The predicted octanol–water partition coefficient (Wildman–Crippen LogP) is 3.44. The number of thiocarbonyl (C=S) groups is 1. The van der Waals surface area contributed by atoms with Crippen LogP contribution in [-0.2, 0) is 16.0 Å². The van der Waals surface area contributed by atoms with E-state index >= 15 is 0 Å². The van der Waals surface area contributed by atoms with E-state index in [0.29, 0.717) is 17.2 Å². The van der Waals surface area contributed by atoms with Crippen LogP contribution in [0.1, 0.15) is 17.5 Å². The monoisotopic (exact) mass is 483 g/mol. The highest BCUT2D eigenvalue weighted by Crippen LogP contribution is 2.21. The predicted molar refractivity (Wildman–Crippen MR) is 116 cm³/mol. The molecule has 28 heavy (non-hydrogen) atoms. The van der Waals surface area contributed by atoms with Crippen molar-refractivity contribution in [3.63, 3.8) is 0 Å². The molecule has 0 saturated heterocycles. The second-order valence-electron chi connectivity index (χ2n) is 5.84. The summed E-state index contributed by atoms with van der Waals surface area (Å²) in [7, 11) is 0. The van der Waals surface area contributed by atoms with Gasteiger partial charge in [-0.3, -0.25) is 20.4 Å². The largest absolute Gasteiger partial charge is 0.484 e. The van der Waals surface area contributed by atoms with Crippen molar-refractivity contribution in [2.45, 2.75) is 19.8 Å². The van der Waals surface area contributed by atoms with E-state index in [4.69, 9.17) is 28.6 Å². The van der Waals surface area contributed by atoms with Crippen molar-refractivity contribution in [1.82, 2.24) is 16.2 Å². The molecule has 0 fully saturated rings. The van der Waals surface area contributed by atoms with Crippen molar-refractivity contribution in [1.29, 1.82) is 0 Å². The van der Waals surface area contributed by atoms with Crippen molar-refractivity contribution in [2.24, 2.45) is 0 Å². The van der Waals surface area contributed by atoms with Crippen LogP contribution in [0.15, 0.2) is 46.9 Å². The van der Waals surface area contributed by atoms with Crippen LogP contribution < -0.4 is 20.9 Å². The van der Waals surface area contributed by atoms with Crippen LogP contribution in [0.5, 0.6) is 5.75 Å². The van der Waals surface area contributed by atoms with Gasteiger partial charge >= 0.3 is 0 Å². The third-order valence-electron chi connectivity index (χ3n) is 3.65. The van der Waals surface area contributed by atoms with Gasteiger partial charge in [-0.05, 0) is 61.0 Å². The molecule has 6 nitrogen and oxygen atoms in total. The van der Waals surface area contributed by atoms with Gasteiger partial charge in [0.1, 0.15) is 5.75 Å². The van der Waals surface area contributed by atoms with Crippen molar-refractivity contribution in [2.75, 3.05) is 6.61 Å². The Morgan fingerprint density at radius 1 is 1.14 bits per heavy atom. The van der Waals surface area contributed by atoms with E-state index in [0.717, 1.165) is 15.6 Å². The lowest BCUT2D eigenvalue weighted by atomic mass is 10.1. The molecule has 2 amide bonds. The van der Waals surface area contributed by atoms with Crippen molar-refractivity contribution in [3.05, 3.63) is 63.1 Å². The Morgan fingerprint density at radius 3 is 2.61 bits per heavy atom. The third-order valence-corrected chi connectivity index (χ3v) is 5.11. The van der Waals surface area contributed by atoms with Crippen LogP contribution >= 0.6 is 39.7 Å². The molecule has 9 heteroatoms. The van der Waals surface area contributed by atoms with Gasteiger partial charge < -0.3 is 10.1 Å². The second-order valence-corrected chi connectivity index (χ2v) is 7.51. The van der Waals surface area contributed by atoms with E-state index < -0.39 is 5.91 Å². The molecule has 0 heterocycles. The number of nitrogens with one attached hydrogen (secondary N) is 3. The summed E-state index contributed by atoms with van der Waals surface area (Å²) in [5, 5.41) is 3.10. The summed E-state index contributed by atoms with van der Waals surface area (Å²) in [6.07, 6.45) is 0.701. The average Bonchev–Trinajstić information content (AvgIpc) is 2.66. The zero-order valence-electron chi connectivity index (χ0n) is 15.1. The summed E-state index contributed by atoms with van der Waals surface area (Å²) in [5.41, 5.74) is 6.71. The molecule has 0 saturated carbocycles. The fourth-order valence-corrected chi connectivity index (χ4v) is 2.83. The number of hydrogen-bond donors (Lipinski definition) is 3. The number of rotatable bonds is 6. The molecule has 0 bridgehead atoms. The van der Waals surface area contributed by atoms with Crippen LogP contribution in [0, 0.1) is 6.92 Å². The number of hydrogen-bond acceptors (Lipinski definition) is 4. The molecule has 2 aromatic rings. The maximum atomic E-state index is 11.9. The molecule has 0 aliphatic carbocycles. The molecule has 0 atom stereocenters. The van der Waals surface area contributed by atoms with E-state index in [1.165, 1.54) is 0 Å². The fourth-order valence-electron chi connectivity index (χ4n) is 2.19. The van der Waals surface area contributed by atoms with Crippen molar-refractivity contribution >= 4 is 56.7 Å². The molecular weight excluding hydrogens is 466 g/mol. The topological polar surface area (TPSA) is 79.5 Å². The minimum atomic E-state index is -0.437. The van der Waals surface area contributed by atoms with Gasteiger partial charge in [0, 0.05) is 15.9 Å². The zero-order chi connectivity index (χ0) is 20.5. The molecule has 0 radical (unpaired) electrons. The SMILES string of the molecule is Cc1cc(OCC(=O)NNC(=S)NC(=O)CCc2ccccc2Cl)ccc1Br. The standard InChI is InChI=1S/C19H19BrClN3O3S/c1-12-10-14(7-8-15(12)20)27-11-18(26)23-24-19(28)22-17(25)9-6-13-4-2-3-5-16(13)21/h2-5,7-8,10H,6,9,11H2,1H3,(H,23,26)(H2,22,24,25,28). The minimum Gasteiger partial charge on any atom is -0.484 e. The number of ether oxygens (including phenoxy) is 1. The van der Waals surface area contributed by atoms with E-state index in [9.17, 15) is 9.59 Å². The third kappa shape index (κ3) is 7.46. The lowest BCUT2D eigenvalue weighted by Gasteiger charge is -2.12. The van der Waals surface area contributed by atoms with Crippen LogP contribution in [0.2, 0.25) is 5.02 Å². The first-order chi connectivity index (χ1) is 13.3. The van der Waals surface area contributed by atoms with Gasteiger partial charge in [-0.15, -0.1) is 0 Å². The van der Waals surface area contributed by atoms with Gasteiger partial charge in [0.15, 0.2) is 11.7 Å². The molecule has 0 aromatic heterocycles. The lowest BCUT2D eigenvalue weighted by molar-refractivity contribution is -0.124. The van der Waals surface area contributed by atoms with Gasteiger partial charge in [0.25, 0.3) is 5.91 Å². The Balaban J connectivity index is 1.66. The first-order valence-electron chi connectivity index (χ1n) is 8.36. The van der Waals surface area contributed by atoms with Gasteiger partial charge in [-0.2, -0.15) is 0 Å². The molecule has 0 aliphatic rings. The second kappa shape index (κ2) is 11.0. The van der Waals surface area contributed by atoms with E-state index in [2.05, 4.69) is 32.1 Å². The maximum absolute atomic E-state index is 11.9.